The average molecular weight is 268 g/mol. The number of imidazole rings is 1. The molecule has 18 heavy (non-hydrogen) atoms. The Morgan fingerprint density at radius 3 is 2.72 bits per heavy atom. The largest absolute Gasteiger partial charge is 0.368 e. The van der Waals surface area contributed by atoms with Gasteiger partial charge in [-0.1, -0.05) is 0 Å². The van der Waals surface area contributed by atoms with Gasteiger partial charge in [0.15, 0.2) is 21.3 Å². The van der Waals surface area contributed by atoms with Gasteiger partial charge >= 0.3 is 0 Å². The van der Waals surface area contributed by atoms with E-state index in [0.717, 1.165) is 0 Å². The molecule has 0 unspecified atom stereocenters. The van der Waals surface area contributed by atoms with Crippen LogP contribution in [0.15, 0.2) is 6.33 Å². The number of sulfone groups is 1. The van der Waals surface area contributed by atoms with Crippen molar-refractivity contribution in [3.8, 4) is 0 Å². The summed E-state index contributed by atoms with van der Waals surface area (Å²) in [6, 6.07) is 0. The fourth-order valence-electron chi connectivity index (χ4n) is 1.99. The van der Waals surface area contributed by atoms with Crippen LogP contribution in [0.1, 0.15) is 0 Å². The average Bonchev–Trinajstić information content (AvgIpc) is 2.76. The summed E-state index contributed by atoms with van der Waals surface area (Å²) in [5, 5.41) is 0. The second kappa shape index (κ2) is 3.80. The highest BCUT2D eigenvalue weighted by Crippen LogP contribution is 2.23. The molecule has 2 aromatic rings. The Balaban J connectivity index is 2.02. The van der Waals surface area contributed by atoms with Crippen molar-refractivity contribution in [2.24, 2.45) is 0 Å². The highest BCUT2D eigenvalue weighted by Gasteiger charge is 2.24. The number of nitrogens with two attached hydrogens (primary N) is 1. The predicted molar refractivity (Wildman–Crippen MR) is 67.0 cm³/mol. The van der Waals surface area contributed by atoms with Crippen molar-refractivity contribution in [3.05, 3.63) is 6.33 Å². The smallest absolute Gasteiger partial charge is 0.224 e. The highest BCUT2D eigenvalue weighted by atomic mass is 32.2. The summed E-state index contributed by atoms with van der Waals surface area (Å²) >= 11 is 0. The summed E-state index contributed by atoms with van der Waals surface area (Å²) < 4.78 is 22.8. The van der Waals surface area contributed by atoms with Gasteiger partial charge in [0.05, 0.1) is 17.8 Å². The third kappa shape index (κ3) is 1.86. The number of hydrogen-bond donors (Lipinski definition) is 2. The van der Waals surface area contributed by atoms with Crippen LogP contribution in [0.25, 0.3) is 11.2 Å². The first-order valence-corrected chi connectivity index (χ1v) is 7.29. The first kappa shape index (κ1) is 11.2. The van der Waals surface area contributed by atoms with Crippen molar-refractivity contribution in [1.82, 2.24) is 19.9 Å². The fourth-order valence-corrected chi connectivity index (χ4v) is 3.19. The second-order valence-electron chi connectivity index (χ2n) is 4.15. The van der Waals surface area contributed by atoms with Gasteiger partial charge < -0.3 is 15.6 Å². The monoisotopic (exact) mass is 268 g/mol. The third-order valence-electron chi connectivity index (χ3n) is 2.93. The molecular weight excluding hydrogens is 256 g/mol. The first-order chi connectivity index (χ1) is 8.55. The Kier molecular flexibility index (Phi) is 2.37. The molecule has 0 atom stereocenters. The lowest BCUT2D eigenvalue weighted by Gasteiger charge is -2.27. The summed E-state index contributed by atoms with van der Waals surface area (Å²) in [6.45, 7) is 0.819. The van der Waals surface area contributed by atoms with Crippen LogP contribution in [0.4, 0.5) is 11.8 Å². The molecule has 96 valence electrons. The van der Waals surface area contributed by atoms with E-state index in [1.807, 2.05) is 4.90 Å². The molecule has 1 aliphatic heterocycles. The number of aromatic nitrogens is 4. The number of aromatic amines is 1. The van der Waals surface area contributed by atoms with Gasteiger partial charge in [-0.25, -0.2) is 13.4 Å². The van der Waals surface area contributed by atoms with Gasteiger partial charge in [0.1, 0.15) is 5.52 Å². The molecule has 0 radical (unpaired) electrons. The van der Waals surface area contributed by atoms with Crippen molar-refractivity contribution in [1.29, 1.82) is 0 Å². The van der Waals surface area contributed by atoms with E-state index in [-0.39, 0.29) is 17.5 Å². The molecule has 8 nitrogen and oxygen atoms in total. The number of H-pyrrole nitrogens is 1. The Hall–Kier alpha value is -1.90. The maximum atomic E-state index is 11.4. The van der Waals surface area contributed by atoms with Gasteiger partial charge in [-0.05, 0) is 0 Å². The molecule has 0 saturated carbocycles. The zero-order chi connectivity index (χ0) is 12.8. The second-order valence-corrected chi connectivity index (χ2v) is 6.45. The van der Waals surface area contributed by atoms with Gasteiger partial charge in [-0.2, -0.15) is 9.97 Å². The molecule has 3 N–H and O–H groups in total. The zero-order valence-corrected chi connectivity index (χ0v) is 10.3. The minimum atomic E-state index is -2.92. The normalized spacial score (nSPS) is 19.2. The number of nitrogens with one attached hydrogen (secondary N) is 1. The summed E-state index contributed by atoms with van der Waals surface area (Å²) in [6.07, 6.45) is 1.52. The van der Waals surface area contributed by atoms with E-state index in [9.17, 15) is 8.42 Å². The van der Waals surface area contributed by atoms with Gasteiger partial charge in [0.25, 0.3) is 0 Å². The zero-order valence-electron chi connectivity index (χ0n) is 9.50. The molecule has 1 saturated heterocycles. The Morgan fingerprint density at radius 2 is 2.00 bits per heavy atom. The molecule has 0 aliphatic carbocycles. The number of hydrogen-bond acceptors (Lipinski definition) is 7. The lowest BCUT2D eigenvalue weighted by Crippen LogP contribution is -2.40. The van der Waals surface area contributed by atoms with E-state index in [1.165, 1.54) is 6.33 Å². The van der Waals surface area contributed by atoms with Crippen molar-refractivity contribution >= 4 is 32.8 Å². The summed E-state index contributed by atoms with van der Waals surface area (Å²) in [5.41, 5.74) is 6.80. The van der Waals surface area contributed by atoms with E-state index in [4.69, 9.17) is 5.73 Å². The van der Waals surface area contributed by atoms with E-state index in [1.54, 1.807) is 0 Å². The minimum absolute atomic E-state index is 0.131. The molecule has 2 aromatic heterocycles. The van der Waals surface area contributed by atoms with Crippen LogP contribution in [0.3, 0.4) is 0 Å². The molecule has 0 spiro atoms. The van der Waals surface area contributed by atoms with Gasteiger partial charge in [0, 0.05) is 13.1 Å². The van der Waals surface area contributed by atoms with E-state index < -0.39 is 9.84 Å². The van der Waals surface area contributed by atoms with Crippen LogP contribution < -0.4 is 10.6 Å². The van der Waals surface area contributed by atoms with E-state index in [0.29, 0.717) is 30.1 Å². The van der Waals surface area contributed by atoms with Crippen LogP contribution in [0.2, 0.25) is 0 Å². The SMILES string of the molecule is Nc1nc(N2CCS(=O)(=O)CC2)c2[nH]cnc2n1. The first-order valence-electron chi connectivity index (χ1n) is 5.47. The van der Waals surface area contributed by atoms with Gasteiger partial charge in [-0.15, -0.1) is 0 Å². The fraction of sp³-hybridized carbons (Fsp3) is 0.444. The van der Waals surface area contributed by atoms with Crippen molar-refractivity contribution in [2.75, 3.05) is 35.2 Å². The number of fused-ring (bicyclic) bond motifs is 1. The molecule has 9 heteroatoms. The molecular formula is C9H12N6O2S. The number of rotatable bonds is 1. The maximum Gasteiger partial charge on any atom is 0.224 e. The van der Waals surface area contributed by atoms with Crippen molar-refractivity contribution in [3.63, 3.8) is 0 Å². The van der Waals surface area contributed by atoms with Crippen LogP contribution in [0, 0.1) is 0 Å². The van der Waals surface area contributed by atoms with E-state index in [2.05, 4.69) is 19.9 Å². The standard InChI is InChI=1S/C9H12N6O2S/c10-9-13-7-6(11-5-12-7)8(14-9)15-1-3-18(16,17)4-2-15/h5H,1-4H2,(H3,10,11,12,13,14). The lowest BCUT2D eigenvalue weighted by atomic mass is 10.4. The van der Waals surface area contributed by atoms with Crippen LogP contribution >= 0.6 is 0 Å². The predicted octanol–water partition coefficient (Wildman–Crippen LogP) is -0.830. The molecule has 0 bridgehead atoms. The Labute approximate surface area is 103 Å². The van der Waals surface area contributed by atoms with Gasteiger partial charge in [0.2, 0.25) is 5.95 Å². The quantitative estimate of drug-likeness (QED) is 0.693. The molecule has 1 fully saturated rings. The van der Waals surface area contributed by atoms with Crippen LogP contribution in [-0.4, -0.2) is 52.9 Å². The van der Waals surface area contributed by atoms with Crippen LogP contribution in [0.5, 0.6) is 0 Å². The van der Waals surface area contributed by atoms with Crippen molar-refractivity contribution < 1.29 is 8.42 Å². The lowest BCUT2D eigenvalue weighted by molar-refractivity contribution is 0.586. The third-order valence-corrected chi connectivity index (χ3v) is 4.54. The Morgan fingerprint density at radius 1 is 1.28 bits per heavy atom. The highest BCUT2D eigenvalue weighted by molar-refractivity contribution is 7.91. The molecule has 0 amide bonds. The maximum absolute atomic E-state index is 11.4. The molecule has 0 aromatic carbocycles. The van der Waals surface area contributed by atoms with E-state index >= 15 is 0 Å². The number of nitrogens with zero attached hydrogens (tertiary/aromatic N) is 4. The number of anilines is 2. The number of nitrogen functional groups attached to an aromatic ring is 1. The van der Waals surface area contributed by atoms with Crippen LogP contribution in [-0.2, 0) is 9.84 Å². The summed E-state index contributed by atoms with van der Waals surface area (Å²) in [4.78, 5) is 17.0. The van der Waals surface area contributed by atoms with Gasteiger partial charge in [-0.3, -0.25) is 0 Å². The molecule has 1 aliphatic rings. The molecule has 3 heterocycles. The summed E-state index contributed by atoms with van der Waals surface area (Å²) in [7, 11) is -2.92. The molecule has 3 rings (SSSR count). The summed E-state index contributed by atoms with van der Waals surface area (Å²) in [5.74, 6) is 1.02. The minimum Gasteiger partial charge on any atom is -0.368 e. The van der Waals surface area contributed by atoms with Crippen molar-refractivity contribution in [2.45, 2.75) is 0 Å². The topological polar surface area (TPSA) is 118 Å². The Bertz CT molecular complexity index is 680.